The van der Waals surface area contributed by atoms with E-state index in [9.17, 15) is 14.7 Å². The van der Waals surface area contributed by atoms with Crippen LogP contribution in [0.4, 0.5) is 5.69 Å². The van der Waals surface area contributed by atoms with Crippen LogP contribution in [-0.2, 0) is 9.59 Å². The molecule has 0 fully saturated rings. The van der Waals surface area contributed by atoms with Crippen molar-refractivity contribution in [3.05, 3.63) is 59.7 Å². The molecule has 2 atom stereocenters. The average Bonchev–Trinajstić information content (AvgIpc) is 3.11. The lowest BCUT2D eigenvalue weighted by atomic mass is 9.79. The predicted molar refractivity (Wildman–Crippen MR) is 113 cm³/mol. The number of aliphatic carboxylic acids is 1. The van der Waals surface area contributed by atoms with Crippen LogP contribution in [-0.4, -0.2) is 16.9 Å². The number of thiazole rings is 1. The van der Waals surface area contributed by atoms with Crippen LogP contribution >= 0.6 is 11.3 Å². The van der Waals surface area contributed by atoms with Gasteiger partial charge in [-0.1, -0.05) is 17.7 Å². The largest absolute Gasteiger partial charge is 0.550 e. The van der Waals surface area contributed by atoms with Crippen molar-refractivity contribution in [1.29, 1.82) is 0 Å². The molecule has 1 aliphatic rings. The maximum Gasteiger partial charge on any atom is 0.228 e. The van der Waals surface area contributed by atoms with E-state index in [2.05, 4.69) is 23.3 Å². The van der Waals surface area contributed by atoms with Crippen molar-refractivity contribution >= 4 is 39.1 Å². The van der Waals surface area contributed by atoms with Gasteiger partial charge in [0.05, 0.1) is 16.1 Å². The minimum atomic E-state index is -1.17. The van der Waals surface area contributed by atoms with Gasteiger partial charge in [0.15, 0.2) is 0 Å². The number of carbonyl (C=O) groups is 2. The number of benzene rings is 2. The number of fused-ring (bicyclic) bond motifs is 1. The molecule has 148 valence electrons. The van der Waals surface area contributed by atoms with Crippen LogP contribution < -0.4 is 10.4 Å². The Labute approximate surface area is 173 Å². The number of allylic oxidation sites excluding steroid dienone is 2. The number of anilines is 1. The number of hydrogen-bond acceptors (Lipinski definition) is 5. The Balaban J connectivity index is 1.50. The highest BCUT2D eigenvalue weighted by Gasteiger charge is 2.31. The zero-order chi connectivity index (χ0) is 20.5. The summed E-state index contributed by atoms with van der Waals surface area (Å²) in [7, 11) is 0. The zero-order valence-corrected chi connectivity index (χ0v) is 17.1. The van der Waals surface area contributed by atoms with Gasteiger partial charge in [0.2, 0.25) is 5.91 Å². The fraction of sp³-hybridized carbons (Fsp3) is 0.261. The molecule has 0 aliphatic heterocycles. The predicted octanol–water partition coefficient (Wildman–Crippen LogP) is 3.93. The molecule has 0 saturated carbocycles. The summed E-state index contributed by atoms with van der Waals surface area (Å²) in [6.07, 6.45) is 2.65. The summed E-state index contributed by atoms with van der Waals surface area (Å²) in [5.74, 6) is -2.86. The van der Waals surface area contributed by atoms with Gasteiger partial charge in [-0.3, -0.25) is 4.79 Å². The second kappa shape index (κ2) is 7.79. The Morgan fingerprint density at radius 2 is 1.86 bits per heavy atom. The summed E-state index contributed by atoms with van der Waals surface area (Å²) in [4.78, 5) is 28.8. The summed E-state index contributed by atoms with van der Waals surface area (Å²) in [5.41, 5.74) is 4.82. The first-order valence-electron chi connectivity index (χ1n) is 9.55. The second-order valence-corrected chi connectivity index (χ2v) is 8.61. The van der Waals surface area contributed by atoms with Crippen molar-refractivity contribution in [3.63, 3.8) is 0 Å². The number of carboxylic acid groups (broad SMARTS) is 1. The summed E-state index contributed by atoms with van der Waals surface area (Å²) in [6, 6.07) is 13.7. The molecule has 0 saturated heterocycles. The third-order valence-electron chi connectivity index (χ3n) is 5.33. The van der Waals surface area contributed by atoms with Gasteiger partial charge in [0.1, 0.15) is 5.01 Å². The molecule has 1 amide bonds. The standard InChI is InChI=1S/C23H22N2O3S/c1-13-3-9-17(23(27)28)18(11-13)21(26)24-16-7-5-15(6-8-16)22-25-19-10-4-14(2)12-20(19)29-22/h3-8,10,12,17-18H,9,11H2,1-2H3,(H,24,26)(H,27,28)/p-1/t17-,18+/m0/s1. The highest BCUT2D eigenvalue weighted by molar-refractivity contribution is 7.21. The molecule has 1 aromatic heterocycles. The Bertz CT molecular complexity index is 1110. The molecule has 5 nitrogen and oxygen atoms in total. The van der Waals surface area contributed by atoms with Crippen molar-refractivity contribution in [2.24, 2.45) is 11.8 Å². The van der Waals surface area contributed by atoms with Gasteiger partial charge in [-0.2, -0.15) is 0 Å². The molecule has 2 aromatic carbocycles. The Kier molecular flexibility index (Phi) is 5.20. The van der Waals surface area contributed by atoms with Crippen molar-refractivity contribution in [2.45, 2.75) is 26.7 Å². The van der Waals surface area contributed by atoms with Gasteiger partial charge < -0.3 is 15.2 Å². The Hall–Kier alpha value is -2.99. The molecule has 3 aromatic rings. The van der Waals surface area contributed by atoms with Gasteiger partial charge in [-0.05, 0) is 68.7 Å². The van der Waals surface area contributed by atoms with Gasteiger partial charge in [-0.25, -0.2) is 4.98 Å². The molecular weight excluding hydrogens is 384 g/mol. The summed E-state index contributed by atoms with van der Waals surface area (Å²) >= 11 is 1.63. The SMILES string of the molecule is CC1=CC[C@H](C(=O)[O-])[C@H](C(=O)Nc2ccc(-c3nc4ccc(C)cc4s3)cc2)C1. The van der Waals surface area contributed by atoms with Crippen LogP contribution in [0.1, 0.15) is 25.3 Å². The van der Waals surface area contributed by atoms with Crippen LogP contribution in [0, 0.1) is 18.8 Å². The third-order valence-corrected chi connectivity index (χ3v) is 6.40. The van der Waals surface area contributed by atoms with E-state index in [4.69, 9.17) is 0 Å². The van der Waals surface area contributed by atoms with E-state index in [0.717, 1.165) is 26.4 Å². The second-order valence-electron chi connectivity index (χ2n) is 7.58. The lowest BCUT2D eigenvalue weighted by Gasteiger charge is -2.30. The zero-order valence-electron chi connectivity index (χ0n) is 16.3. The quantitative estimate of drug-likeness (QED) is 0.667. The maximum absolute atomic E-state index is 12.7. The Morgan fingerprint density at radius 1 is 1.10 bits per heavy atom. The first-order valence-corrected chi connectivity index (χ1v) is 10.4. The van der Waals surface area contributed by atoms with Gasteiger partial charge >= 0.3 is 0 Å². The van der Waals surface area contributed by atoms with Crippen molar-refractivity contribution < 1.29 is 14.7 Å². The van der Waals surface area contributed by atoms with E-state index in [1.807, 2.05) is 49.4 Å². The van der Waals surface area contributed by atoms with E-state index in [1.54, 1.807) is 11.3 Å². The number of aromatic nitrogens is 1. The van der Waals surface area contributed by atoms with Crippen molar-refractivity contribution in [2.75, 3.05) is 5.32 Å². The van der Waals surface area contributed by atoms with Crippen LogP contribution in [0.25, 0.3) is 20.8 Å². The van der Waals surface area contributed by atoms with Crippen molar-refractivity contribution in [3.8, 4) is 10.6 Å². The van der Waals surface area contributed by atoms with Gasteiger partial charge in [-0.15, -0.1) is 11.3 Å². The van der Waals surface area contributed by atoms with Crippen LogP contribution in [0.3, 0.4) is 0 Å². The van der Waals surface area contributed by atoms with Gasteiger partial charge in [0.25, 0.3) is 0 Å². The number of carboxylic acids is 1. The number of hydrogen-bond donors (Lipinski definition) is 1. The number of amides is 1. The molecule has 29 heavy (non-hydrogen) atoms. The number of aryl methyl sites for hydroxylation is 1. The van der Waals surface area contributed by atoms with Gasteiger partial charge in [0, 0.05) is 23.1 Å². The molecule has 1 aliphatic carbocycles. The van der Waals surface area contributed by atoms with Crippen molar-refractivity contribution in [1.82, 2.24) is 4.98 Å². The van der Waals surface area contributed by atoms with E-state index in [-0.39, 0.29) is 5.91 Å². The van der Waals surface area contributed by atoms with Crippen LogP contribution in [0.5, 0.6) is 0 Å². The van der Waals surface area contributed by atoms with E-state index >= 15 is 0 Å². The number of rotatable bonds is 4. The molecule has 0 unspecified atom stereocenters. The number of carbonyl (C=O) groups excluding carboxylic acids is 2. The first-order chi connectivity index (χ1) is 13.9. The molecule has 0 spiro atoms. The van der Waals surface area contributed by atoms with Crippen LogP contribution in [0.15, 0.2) is 54.1 Å². The highest BCUT2D eigenvalue weighted by atomic mass is 32.1. The van der Waals surface area contributed by atoms with Crippen LogP contribution in [0.2, 0.25) is 0 Å². The highest BCUT2D eigenvalue weighted by Crippen LogP contribution is 2.33. The van der Waals surface area contributed by atoms with E-state index < -0.39 is 17.8 Å². The molecule has 0 radical (unpaired) electrons. The minimum Gasteiger partial charge on any atom is -0.550 e. The number of nitrogens with one attached hydrogen (secondary N) is 1. The normalized spacial score (nSPS) is 19.0. The molecule has 1 heterocycles. The maximum atomic E-state index is 12.7. The molecule has 4 rings (SSSR count). The summed E-state index contributed by atoms with van der Waals surface area (Å²) in [6.45, 7) is 3.98. The first kappa shape index (κ1) is 19.3. The van der Waals surface area contributed by atoms with E-state index in [0.29, 0.717) is 18.5 Å². The third kappa shape index (κ3) is 4.07. The lowest BCUT2D eigenvalue weighted by molar-refractivity contribution is -0.313. The molecule has 1 N–H and O–H groups in total. The monoisotopic (exact) mass is 405 g/mol. The van der Waals surface area contributed by atoms with E-state index in [1.165, 1.54) is 5.56 Å². The minimum absolute atomic E-state index is 0.283. The fourth-order valence-corrected chi connectivity index (χ4v) is 4.76. The molecule has 0 bridgehead atoms. The topological polar surface area (TPSA) is 82.1 Å². The molecular formula is C23H21N2O3S-. The summed E-state index contributed by atoms with van der Waals surface area (Å²) < 4.78 is 1.14. The lowest BCUT2D eigenvalue weighted by Crippen LogP contribution is -2.42. The fourth-order valence-electron chi connectivity index (χ4n) is 3.69. The average molecular weight is 405 g/mol. The Morgan fingerprint density at radius 3 is 2.59 bits per heavy atom. The molecule has 6 heteroatoms. The number of nitrogens with zero attached hydrogens (tertiary/aromatic N) is 1. The summed E-state index contributed by atoms with van der Waals surface area (Å²) in [5, 5.41) is 15.2. The smallest absolute Gasteiger partial charge is 0.228 e.